The largest absolute Gasteiger partial charge is 0.356 e. The lowest BCUT2D eigenvalue weighted by Gasteiger charge is -2.20. The summed E-state index contributed by atoms with van der Waals surface area (Å²) in [6, 6.07) is 1.89. The highest BCUT2D eigenvalue weighted by molar-refractivity contribution is 5.35. The van der Waals surface area contributed by atoms with Crippen molar-refractivity contribution in [2.24, 2.45) is 5.73 Å². The van der Waals surface area contributed by atoms with E-state index >= 15 is 0 Å². The van der Waals surface area contributed by atoms with Gasteiger partial charge in [0.05, 0.1) is 0 Å². The second-order valence-corrected chi connectivity index (χ2v) is 2.44. The number of anilines is 1. The third-order valence-electron chi connectivity index (χ3n) is 1.67. The zero-order chi connectivity index (χ0) is 8.81. The van der Waals surface area contributed by atoms with E-state index in [1.807, 2.05) is 6.07 Å². The van der Waals surface area contributed by atoms with Gasteiger partial charge in [0, 0.05) is 25.8 Å². The van der Waals surface area contributed by atoms with Gasteiger partial charge in [0.25, 0.3) is 0 Å². The van der Waals surface area contributed by atoms with E-state index in [1.54, 1.807) is 12.5 Å². The van der Waals surface area contributed by atoms with Crippen LogP contribution in [0.5, 0.6) is 0 Å². The van der Waals surface area contributed by atoms with Crippen molar-refractivity contribution in [3.05, 3.63) is 18.6 Å². The summed E-state index contributed by atoms with van der Waals surface area (Å²) in [7, 11) is 0. The standard InChI is InChI=1S/C8H14N4/c1-2-12(6-4-9)8-3-5-10-7-11-8/h3,5,7H,2,4,6,9H2,1H3. The van der Waals surface area contributed by atoms with Gasteiger partial charge in [0.1, 0.15) is 12.1 Å². The average molecular weight is 166 g/mol. The fraction of sp³-hybridized carbons (Fsp3) is 0.500. The molecule has 0 fully saturated rings. The molecule has 0 atom stereocenters. The highest BCUT2D eigenvalue weighted by Crippen LogP contribution is 2.05. The highest BCUT2D eigenvalue weighted by atomic mass is 15.2. The van der Waals surface area contributed by atoms with E-state index in [0.717, 1.165) is 18.9 Å². The number of hydrogen-bond acceptors (Lipinski definition) is 4. The average Bonchev–Trinajstić information content (AvgIpc) is 2.15. The quantitative estimate of drug-likeness (QED) is 0.697. The maximum absolute atomic E-state index is 5.46. The molecule has 0 bridgehead atoms. The van der Waals surface area contributed by atoms with Crippen LogP contribution in [-0.2, 0) is 0 Å². The maximum Gasteiger partial charge on any atom is 0.131 e. The molecule has 0 radical (unpaired) electrons. The van der Waals surface area contributed by atoms with E-state index in [4.69, 9.17) is 5.73 Å². The van der Waals surface area contributed by atoms with E-state index < -0.39 is 0 Å². The van der Waals surface area contributed by atoms with E-state index in [-0.39, 0.29) is 0 Å². The molecule has 66 valence electrons. The van der Waals surface area contributed by atoms with Crippen molar-refractivity contribution < 1.29 is 0 Å². The lowest BCUT2D eigenvalue weighted by molar-refractivity contribution is 0.799. The summed E-state index contributed by atoms with van der Waals surface area (Å²) in [4.78, 5) is 10.1. The molecule has 0 amide bonds. The van der Waals surface area contributed by atoms with Crippen molar-refractivity contribution >= 4 is 5.82 Å². The number of nitrogens with two attached hydrogens (primary N) is 1. The number of rotatable bonds is 4. The number of nitrogens with zero attached hydrogens (tertiary/aromatic N) is 3. The molecule has 1 rings (SSSR count). The first-order valence-corrected chi connectivity index (χ1v) is 4.09. The molecule has 1 aromatic rings. The first-order valence-electron chi connectivity index (χ1n) is 4.09. The Morgan fingerprint density at radius 2 is 2.42 bits per heavy atom. The van der Waals surface area contributed by atoms with Crippen LogP contribution in [0.2, 0.25) is 0 Å². The van der Waals surface area contributed by atoms with Crippen LogP contribution in [0.1, 0.15) is 6.92 Å². The van der Waals surface area contributed by atoms with Crippen LogP contribution in [0.3, 0.4) is 0 Å². The smallest absolute Gasteiger partial charge is 0.131 e. The Morgan fingerprint density at radius 3 is 2.92 bits per heavy atom. The molecule has 0 unspecified atom stereocenters. The van der Waals surface area contributed by atoms with E-state index in [0.29, 0.717) is 6.54 Å². The van der Waals surface area contributed by atoms with Crippen molar-refractivity contribution in [1.29, 1.82) is 0 Å². The predicted molar refractivity (Wildman–Crippen MR) is 49.0 cm³/mol. The SMILES string of the molecule is CCN(CCN)c1ccncn1. The van der Waals surface area contributed by atoms with Crippen LogP contribution in [0.4, 0.5) is 5.82 Å². The first kappa shape index (κ1) is 8.93. The van der Waals surface area contributed by atoms with Crippen LogP contribution < -0.4 is 10.6 Å². The zero-order valence-corrected chi connectivity index (χ0v) is 7.27. The molecule has 2 N–H and O–H groups in total. The Kier molecular flexibility index (Phi) is 3.47. The van der Waals surface area contributed by atoms with Crippen molar-refractivity contribution in [1.82, 2.24) is 9.97 Å². The third kappa shape index (κ3) is 2.17. The summed E-state index contributed by atoms with van der Waals surface area (Å²) >= 11 is 0. The van der Waals surface area contributed by atoms with Crippen molar-refractivity contribution in [2.75, 3.05) is 24.5 Å². The fourth-order valence-corrected chi connectivity index (χ4v) is 1.06. The van der Waals surface area contributed by atoms with Crippen molar-refractivity contribution in [3.8, 4) is 0 Å². The molecular weight excluding hydrogens is 152 g/mol. The first-order chi connectivity index (χ1) is 5.88. The Labute approximate surface area is 72.4 Å². The minimum absolute atomic E-state index is 0.651. The van der Waals surface area contributed by atoms with E-state index in [9.17, 15) is 0 Å². The van der Waals surface area contributed by atoms with Crippen molar-refractivity contribution in [2.45, 2.75) is 6.92 Å². The van der Waals surface area contributed by atoms with Crippen LogP contribution in [0.25, 0.3) is 0 Å². The number of hydrogen-bond donors (Lipinski definition) is 1. The molecule has 0 spiro atoms. The molecular formula is C8H14N4. The van der Waals surface area contributed by atoms with E-state index in [1.165, 1.54) is 0 Å². The van der Waals surface area contributed by atoms with Gasteiger partial charge < -0.3 is 10.6 Å². The zero-order valence-electron chi connectivity index (χ0n) is 7.27. The molecule has 0 aromatic carbocycles. The predicted octanol–water partition coefficient (Wildman–Crippen LogP) is 0.262. The molecule has 1 aromatic heterocycles. The lowest BCUT2D eigenvalue weighted by Crippen LogP contribution is -2.29. The summed E-state index contributed by atoms with van der Waals surface area (Å²) < 4.78 is 0. The molecule has 0 saturated heterocycles. The molecule has 4 nitrogen and oxygen atoms in total. The summed E-state index contributed by atoms with van der Waals surface area (Å²) in [5.41, 5.74) is 5.46. The fourth-order valence-electron chi connectivity index (χ4n) is 1.06. The molecule has 1 heterocycles. The summed E-state index contributed by atoms with van der Waals surface area (Å²) in [6.07, 6.45) is 3.29. The van der Waals surface area contributed by atoms with Gasteiger partial charge in [0.2, 0.25) is 0 Å². The third-order valence-corrected chi connectivity index (χ3v) is 1.67. The van der Waals surface area contributed by atoms with Crippen LogP contribution in [0.15, 0.2) is 18.6 Å². The summed E-state index contributed by atoms with van der Waals surface area (Å²) in [5, 5.41) is 0. The minimum atomic E-state index is 0.651. The lowest BCUT2D eigenvalue weighted by atomic mass is 10.4. The summed E-state index contributed by atoms with van der Waals surface area (Å²) in [5.74, 6) is 0.943. The van der Waals surface area contributed by atoms with Gasteiger partial charge in [-0.25, -0.2) is 9.97 Å². The number of likely N-dealkylation sites (N-methyl/N-ethyl adjacent to an activating group) is 1. The Morgan fingerprint density at radius 1 is 1.58 bits per heavy atom. The van der Waals surface area contributed by atoms with Gasteiger partial charge in [-0.15, -0.1) is 0 Å². The second-order valence-electron chi connectivity index (χ2n) is 2.44. The van der Waals surface area contributed by atoms with Crippen molar-refractivity contribution in [3.63, 3.8) is 0 Å². The Hall–Kier alpha value is -1.16. The summed E-state index contributed by atoms with van der Waals surface area (Å²) in [6.45, 7) is 4.50. The molecule has 12 heavy (non-hydrogen) atoms. The Balaban J connectivity index is 2.66. The van der Waals surface area contributed by atoms with Gasteiger partial charge in [0.15, 0.2) is 0 Å². The molecule has 0 saturated carbocycles. The van der Waals surface area contributed by atoms with Gasteiger partial charge in [-0.1, -0.05) is 0 Å². The second kappa shape index (κ2) is 4.66. The molecule has 4 heteroatoms. The van der Waals surface area contributed by atoms with Gasteiger partial charge >= 0.3 is 0 Å². The normalized spacial score (nSPS) is 9.83. The van der Waals surface area contributed by atoms with Gasteiger partial charge in [-0.05, 0) is 13.0 Å². The minimum Gasteiger partial charge on any atom is -0.356 e. The molecule has 0 aliphatic carbocycles. The van der Waals surface area contributed by atoms with Crippen LogP contribution >= 0.6 is 0 Å². The molecule has 0 aliphatic rings. The maximum atomic E-state index is 5.46. The number of aromatic nitrogens is 2. The van der Waals surface area contributed by atoms with E-state index in [2.05, 4.69) is 21.8 Å². The van der Waals surface area contributed by atoms with Gasteiger partial charge in [-0.2, -0.15) is 0 Å². The van der Waals surface area contributed by atoms with Crippen LogP contribution in [0, 0.1) is 0 Å². The highest BCUT2D eigenvalue weighted by Gasteiger charge is 2.01. The molecule has 0 aliphatic heterocycles. The Bertz CT molecular complexity index is 212. The van der Waals surface area contributed by atoms with Crippen LogP contribution in [-0.4, -0.2) is 29.6 Å². The van der Waals surface area contributed by atoms with Gasteiger partial charge in [-0.3, -0.25) is 0 Å². The topological polar surface area (TPSA) is 55.0 Å². The monoisotopic (exact) mass is 166 g/mol.